The van der Waals surface area contributed by atoms with Gasteiger partial charge in [0, 0.05) is 25.1 Å². The number of ether oxygens (including phenoxy) is 1. The summed E-state index contributed by atoms with van der Waals surface area (Å²) in [5.74, 6) is -1.67. The first-order chi connectivity index (χ1) is 12.8. The van der Waals surface area contributed by atoms with Crippen LogP contribution in [0.3, 0.4) is 0 Å². The van der Waals surface area contributed by atoms with E-state index in [1.165, 1.54) is 37.6 Å². The number of anilines is 1. The van der Waals surface area contributed by atoms with Gasteiger partial charge < -0.3 is 4.74 Å². The topological polar surface area (TPSA) is 73.1 Å². The highest BCUT2D eigenvalue weighted by Crippen LogP contribution is 2.37. The second-order valence-electron chi connectivity index (χ2n) is 5.22. The van der Waals surface area contributed by atoms with E-state index in [1.807, 2.05) is 0 Å². The lowest BCUT2D eigenvalue weighted by atomic mass is 10.3. The van der Waals surface area contributed by atoms with Gasteiger partial charge in [-0.1, -0.05) is 0 Å². The number of halogens is 4. The van der Waals surface area contributed by atoms with Gasteiger partial charge in [-0.25, -0.2) is 19.2 Å². The standard InChI is InChI=1S/C16H11F4N5O2/c1-24(11-5-3-10(17)4-6-11)15(26)27-12-9-23-25(13(12)16(18,19)20)14-21-7-2-8-22-14/h2-9H,1H3. The number of hydrogen-bond acceptors (Lipinski definition) is 5. The van der Waals surface area contributed by atoms with Gasteiger partial charge in [-0.2, -0.15) is 23.0 Å². The highest BCUT2D eigenvalue weighted by Gasteiger charge is 2.41. The van der Waals surface area contributed by atoms with Gasteiger partial charge in [0.1, 0.15) is 5.82 Å². The number of alkyl halides is 3. The average molecular weight is 381 g/mol. The number of carbonyl (C=O) groups is 1. The molecule has 0 spiro atoms. The zero-order chi connectivity index (χ0) is 19.6. The Kier molecular flexibility index (Phi) is 4.75. The minimum Gasteiger partial charge on any atom is -0.406 e. The van der Waals surface area contributed by atoms with Crippen molar-refractivity contribution in [3.05, 3.63) is 60.4 Å². The van der Waals surface area contributed by atoms with Crippen LogP contribution in [0.1, 0.15) is 5.69 Å². The van der Waals surface area contributed by atoms with Crippen LogP contribution in [0.25, 0.3) is 5.95 Å². The average Bonchev–Trinajstić information content (AvgIpc) is 3.06. The van der Waals surface area contributed by atoms with Crippen molar-refractivity contribution < 1.29 is 27.1 Å². The summed E-state index contributed by atoms with van der Waals surface area (Å²) in [6, 6.07) is 6.19. The first-order valence-electron chi connectivity index (χ1n) is 7.41. The Labute approximate surface area is 149 Å². The molecule has 27 heavy (non-hydrogen) atoms. The quantitative estimate of drug-likeness (QED) is 0.650. The van der Waals surface area contributed by atoms with Crippen LogP contribution in [0, 0.1) is 5.82 Å². The van der Waals surface area contributed by atoms with Crippen LogP contribution in [0.4, 0.5) is 28.0 Å². The molecule has 0 saturated heterocycles. The molecule has 0 aliphatic heterocycles. The Balaban J connectivity index is 1.92. The molecule has 0 radical (unpaired) electrons. The molecule has 0 bridgehead atoms. The van der Waals surface area contributed by atoms with Crippen molar-refractivity contribution in [2.45, 2.75) is 6.18 Å². The Hall–Kier alpha value is -3.50. The van der Waals surface area contributed by atoms with Crippen molar-refractivity contribution in [3.63, 3.8) is 0 Å². The molecular weight excluding hydrogens is 370 g/mol. The zero-order valence-corrected chi connectivity index (χ0v) is 13.7. The maximum Gasteiger partial charge on any atom is 0.437 e. The highest BCUT2D eigenvalue weighted by molar-refractivity contribution is 5.88. The largest absolute Gasteiger partial charge is 0.437 e. The predicted octanol–water partition coefficient (Wildman–Crippen LogP) is 3.46. The minimum atomic E-state index is -4.89. The predicted molar refractivity (Wildman–Crippen MR) is 85.0 cm³/mol. The number of carbonyl (C=O) groups excluding carboxylic acids is 1. The summed E-state index contributed by atoms with van der Waals surface area (Å²) in [6.45, 7) is 0. The first-order valence-corrected chi connectivity index (χ1v) is 7.41. The Morgan fingerprint density at radius 1 is 1.15 bits per heavy atom. The molecule has 3 rings (SSSR count). The van der Waals surface area contributed by atoms with Crippen molar-refractivity contribution in [3.8, 4) is 11.7 Å². The molecule has 0 unspecified atom stereocenters. The van der Waals surface area contributed by atoms with E-state index in [2.05, 4.69) is 15.1 Å². The first kappa shape index (κ1) is 18.3. The molecule has 1 amide bonds. The highest BCUT2D eigenvalue weighted by atomic mass is 19.4. The third-order valence-corrected chi connectivity index (χ3v) is 3.43. The number of benzene rings is 1. The summed E-state index contributed by atoms with van der Waals surface area (Å²) in [5.41, 5.74) is -1.11. The van der Waals surface area contributed by atoms with E-state index in [-0.39, 0.29) is 11.6 Å². The fraction of sp³-hybridized carbons (Fsp3) is 0.125. The Bertz CT molecular complexity index is 942. The summed E-state index contributed by atoms with van der Waals surface area (Å²) in [6.07, 6.45) is -2.76. The van der Waals surface area contributed by atoms with Gasteiger partial charge in [0.05, 0.1) is 6.20 Å². The Morgan fingerprint density at radius 2 is 1.78 bits per heavy atom. The van der Waals surface area contributed by atoms with Gasteiger partial charge in [0.2, 0.25) is 0 Å². The van der Waals surface area contributed by atoms with Crippen LogP contribution in [-0.4, -0.2) is 32.9 Å². The third-order valence-electron chi connectivity index (χ3n) is 3.43. The third kappa shape index (κ3) is 3.86. The summed E-state index contributed by atoms with van der Waals surface area (Å²) < 4.78 is 58.7. The second kappa shape index (κ2) is 7.02. The van der Waals surface area contributed by atoms with E-state index in [0.717, 1.165) is 23.2 Å². The van der Waals surface area contributed by atoms with Crippen LogP contribution in [0.2, 0.25) is 0 Å². The molecule has 0 fully saturated rings. The monoisotopic (exact) mass is 381 g/mol. The van der Waals surface area contributed by atoms with E-state index in [0.29, 0.717) is 4.68 Å². The van der Waals surface area contributed by atoms with E-state index in [9.17, 15) is 22.4 Å². The van der Waals surface area contributed by atoms with Gasteiger partial charge in [0.15, 0.2) is 11.4 Å². The van der Waals surface area contributed by atoms with Crippen molar-refractivity contribution in [2.75, 3.05) is 11.9 Å². The molecule has 7 nitrogen and oxygen atoms in total. The second-order valence-corrected chi connectivity index (χ2v) is 5.22. The molecule has 11 heteroatoms. The van der Waals surface area contributed by atoms with Crippen LogP contribution >= 0.6 is 0 Å². The fourth-order valence-electron chi connectivity index (χ4n) is 2.15. The molecule has 140 valence electrons. The lowest BCUT2D eigenvalue weighted by Crippen LogP contribution is -2.30. The van der Waals surface area contributed by atoms with E-state index >= 15 is 0 Å². The molecule has 3 aromatic rings. The van der Waals surface area contributed by atoms with Gasteiger partial charge >= 0.3 is 12.3 Å². The van der Waals surface area contributed by atoms with Crippen molar-refractivity contribution >= 4 is 11.8 Å². The number of nitrogens with zero attached hydrogens (tertiary/aromatic N) is 5. The molecule has 0 aliphatic rings. The smallest absolute Gasteiger partial charge is 0.406 e. The molecule has 2 aromatic heterocycles. The lowest BCUT2D eigenvalue weighted by Gasteiger charge is -2.17. The molecule has 0 aliphatic carbocycles. The molecule has 0 N–H and O–H groups in total. The van der Waals surface area contributed by atoms with Gasteiger partial charge in [-0.3, -0.25) is 4.90 Å². The molecule has 0 atom stereocenters. The SMILES string of the molecule is CN(C(=O)Oc1cnn(-c2ncccn2)c1C(F)(F)F)c1ccc(F)cc1. The van der Waals surface area contributed by atoms with E-state index in [1.54, 1.807) is 0 Å². The fourth-order valence-corrected chi connectivity index (χ4v) is 2.15. The molecular formula is C16H11F4N5O2. The lowest BCUT2D eigenvalue weighted by molar-refractivity contribution is -0.143. The van der Waals surface area contributed by atoms with Gasteiger partial charge in [-0.15, -0.1) is 0 Å². The van der Waals surface area contributed by atoms with Gasteiger partial charge in [0.25, 0.3) is 5.95 Å². The summed E-state index contributed by atoms with van der Waals surface area (Å²) in [4.78, 5) is 20.5. The van der Waals surface area contributed by atoms with Crippen LogP contribution in [-0.2, 0) is 6.18 Å². The maximum absolute atomic E-state index is 13.5. The molecule has 0 saturated carbocycles. The van der Waals surface area contributed by atoms with Gasteiger partial charge in [-0.05, 0) is 30.3 Å². The summed E-state index contributed by atoms with van der Waals surface area (Å²) in [5, 5.41) is 3.58. The van der Waals surface area contributed by atoms with Crippen molar-refractivity contribution in [2.24, 2.45) is 0 Å². The van der Waals surface area contributed by atoms with E-state index in [4.69, 9.17) is 4.74 Å². The number of hydrogen-bond donors (Lipinski definition) is 0. The van der Waals surface area contributed by atoms with Crippen LogP contribution < -0.4 is 9.64 Å². The van der Waals surface area contributed by atoms with E-state index < -0.39 is 29.5 Å². The number of aromatic nitrogens is 4. The zero-order valence-electron chi connectivity index (χ0n) is 13.7. The minimum absolute atomic E-state index is 0.230. The summed E-state index contributed by atoms with van der Waals surface area (Å²) >= 11 is 0. The molecule has 1 aromatic carbocycles. The Morgan fingerprint density at radius 3 is 2.37 bits per heavy atom. The maximum atomic E-state index is 13.5. The number of rotatable bonds is 3. The van der Waals surface area contributed by atoms with Crippen molar-refractivity contribution in [1.29, 1.82) is 0 Å². The van der Waals surface area contributed by atoms with Crippen LogP contribution in [0.15, 0.2) is 48.9 Å². The normalized spacial score (nSPS) is 11.3. The van der Waals surface area contributed by atoms with Crippen LogP contribution in [0.5, 0.6) is 5.75 Å². The number of amides is 1. The summed E-state index contributed by atoms with van der Waals surface area (Å²) in [7, 11) is 1.27. The van der Waals surface area contributed by atoms with Crippen molar-refractivity contribution in [1.82, 2.24) is 19.7 Å². The molecule has 2 heterocycles.